The minimum atomic E-state index is -0.300. The van der Waals surface area contributed by atoms with E-state index in [0.29, 0.717) is 11.3 Å². The highest BCUT2D eigenvalue weighted by atomic mass is 19.1. The predicted molar refractivity (Wildman–Crippen MR) is 81.2 cm³/mol. The molecule has 21 heavy (non-hydrogen) atoms. The van der Waals surface area contributed by atoms with Gasteiger partial charge in [0.25, 0.3) is 5.91 Å². The maximum absolute atomic E-state index is 14.2. The zero-order chi connectivity index (χ0) is 14.7. The van der Waals surface area contributed by atoms with Crippen molar-refractivity contribution in [1.82, 2.24) is 10.6 Å². The van der Waals surface area contributed by atoms with Crippen molar-refractivity contribution in [2.24, 2.45) is 0 Å². The Hall–Kier alpha value is -1.62. The van der Waals surface area contributed by atoms with Crippen LogP contribution in [0.2, 0.25) is 0 Å². The molecule has 2 heterocycles. The van der Waals surface area contributed by atoms with Crippen LogP contribution in [0.4, 0.5) is 10.1 Å². The lowest BCUT2D eigenvalue weighted by Gasteiger charge is -2.24. The number of rotatable bonds is 3. The van der Waals surface area contributed by atoms with E-state index in [-0.39, 0.29) is 17.8 Å². The summed E-state index contributed by atoms with van der Waals surface area (Å²) in [5.41, 5.74) is 1.02. The van der Waals surface area contributed by atoms with E-state index in [4.69, 9.17) is 0 Å². The standard InChI is InChI=1S/C16H22FN3O/c17-14-10-12(5-6-15(14)20-8-1-2-9-20)16(21)19-13-4-3-7-18-11-13/h5-6,10,13,18H,1-4,7-9,11H2,(H,19,21)/t13-/m0/s1. The SMILES string of the molecule is O=C(N[C@H]1CCCNC1)c1ccc(N2CCCC2)c(F)c1. The second-order valence-corrected chi connectivity index (χ2v) is 5.88. The average Bonchev–Trinajstić information content (AvgIpc) is 3.02. The number of carbonyl (C=O) groups is 1. The highest BCUT2D eigenvalue weighted by Crippen LogP contribution is 2.24. The molecule has 0 aromatic heterocycles. The third kappa shape index (κ3) is 3.35. The van der Waals surface area contributed by atoms with E-state index < -0.39 is 0 Å². The van der Waals surface area contributed by atoms with Crippen LogP contribution in [0.15, 0.2) is 18.2 Å². The van der Waals surface area contributed by atoms with Crippen LogP contribution in [0.3, 0.4) is 0 Å². The number of nitrogens with zero attached hydrogens (tertiary/aromatic N) is 1. The number of hydrogen-bond donors (Lipinski definition) is 2. The molecule has 1 aromatic rings. The number of piperidine rings is 1. The van der Waals surface area contributed by atoms with Gasteiger partial charge in [-0.1, -0.05) is 0 Å². The highest BCUT2D eigenvalue weighted by molar-refractivity contribution is 5.94. The number of amides is 1. The van der Waals surface area contributed by atoms with E-state index in [0.717, 1.165) is 51.9 Å². The Labute approximate surface area is 124 Å². The normalized spacial score (nSPS) is 22.3. The number of nitrogens with one attached hydrogen (secondary N) is 2. The third-order valence-electron chi connectivity index (χ3n) is 4.29. The number of benzene rings is 1. The third-order valence-corrected chi connectivity index (χ3v) is 4.29. The molecule has 2 aliphatic heterocycles. The van der Waals surface area contributed by atoms with Crippen LogP contribution in [-0.2, 0) is 0 Å². The predicted octanol–water partition coefficient (Wildman–Crippen LogP) is 1.91. The maximum atomic E-state index is 14.2. The molecule has 1 aromatic carbocycles. The summed E-state index contributed by atoms with van der Waals surface area (Å²) >= 11 is 0. The number of anilines is 1. The Morgan fingerprint density at radius 1 is 1.29 bits per heavy atom. The van der Waals surface area contributed by atoms with Gasteiger partial charge in [0.15, 0.2) is 0 Å². The first-order valence-corrected chi connectivity index (χ1v) is 7.80. The molecular formula is C16H22FN3O. The lowest BCUT2D eigenvalue weighted by molar-refractivity contribution is 0.0930. The Balaban J connectivity index is 1.67. The molecule has 2 saturated heterocycles. The van der Waals surface area contributed by atoms with Gasteiger partial charge in [-0.3, -0.25) is 4.79 Å². The quantitative estimate of drug-likeness (QED) is 0.894. The summed E-state index contributed by atoms with van der Waals surface area (Å²) in [6.07, 6.45) is 4.26. The van der Waals surface area contributed by atoms with Crippen LogP contribution < -0.4 is 15.5 Å². The van der Waals surface area contributed by atoms with Gasteiger partial charge in [-0.15, -0.1) is 0 Å². The van der Waals surface area contributed by atoms with Crippen LogP contribution in [0.1, 0.15) is 36.0 Å². The van der Waals surface area contributed by atoms with Crippen molar-refractivity contribution in [3.63, 3.8) is 0 Å². The molecule has 3 rings (SSSR count). The molecule has 1 atom stereocenters. The average molecular weight is 291 g/mol. The molecule has 1 amide bonds. The van der Waals surface area contributed by atoms with Crippen LogP contribution in [0.5, 0.6) is 0 Å². The monoisotopic (exact) mass is 291 g/mol. The number of halogens is 1. The molecule has 0 bridgehead atoms. The van der Waals surface area contributed by atoms with E-state index >= 15 is 0 Å². The molecule has 5 heteroatoms. The minimum Gasteiger partial charge on any atom is -0.369 e. The summed E-state index contributed by atoms with van der Waals surface area (Å²) in [5.74, 6) is -0.484. The van der Waals surface area contributed by atoms with Gasteiger partial charge in [0, 0.05) is 31.2 Å². The maximum Gasteiger partial charge on any atom is 0.251 e. The molecule has 2 aliphatic rings. The van der Waals surface area contributed by atoms with E-state index in [9.17, 15) is 9.18 Å². The van der Waals surface area contributed by atoms with Gasteiger partial charge in [0.2, 0.25) is 0 Å². The Morgan fingerprint density at radius 3 is 2.76 bits per heavy atom. The lowest BCUT2D eigenvalue weighted by atomic mass is 10.1. The first-order valence-electron chi connectivity index (χ1n) is 7.80. The highest BCUT2D eigenvalue weighted by Gasteiger charge is 2.19. The molecule has 4 nitrogen and oxygen atoms in total. The molecule has 0 spiro atoms. The van der Waals surface area contributed by atoms with Gasteiger partial charge in [0.1, 0.15) is 5.82 Å². The van der Waals surface area contributed by atoms with Gasteiger partial charge in [-0.05, 0) is 50.4 Å². The first-order chi connectivity index (χ1) is 10.2. The first kappa shape index (κ1) is 14.3. The van der Waals surface area contributed by atoms with Crippen molar-refractivity contribution in [2.45, 2.75) is 31.7 Å². The van der Waals surface area contributed by atoms with Crippen LogP contribution in [-0.4, -0.2) is 38.1 Å². The lowest BCUT2D eigenvalue weighted by Crippen LogP contribution is -2.45. The fourth-order valence-corrected chi connectivity index (χ4v) is 3.11. The van der Waals surface area contributed by atoms with E-state index in [2.05, 4.69) is 10.6 Å². The Kier molecular flexibility index (Phi) is 4.39. The molecule has 0 aliphatic carbocycles. The molecule has 2 N–H and O–H groups in total. The fourth-order valence-electron chi connectivity index (χ4n) is 3.11. The van der Waals surface area contributed by atoms with Crippen molar-refractivity contribution in [2.75, 3.05) is 31.1 Å². The Morgan fingerprint density at radius 2 is 2.10 bits per heavy atom. The minimum absolute atomic E-state index is 0.146. The van der Waals surface area contributed by atoms with Crippen LogP contribution in [0.25, 0.3) is 0 Å². The van der Waals surface area contributed by atoms with Gasteiger partial charge in [0.05, 0.1) is 5.69 Å². The molecule has 0 unspecified atom stereocenters. The van der Waals surface area contributed by atoms with Gasteiger partial charge in [-0.25, -0.2) is 4.39 Å². The van der Waals surface area contributed by atoms with Crippen molar-refractivity contribution in [1.29, 1.82) is 0 Å². The zero-order valence-electron chi connectivity index (χ0n) is 12.2. The molecule has 114 valence electrons. The van der Waals surface area contributed by atoms with Crippen LogP contribution >= 0.6 is 0 Å². The summed E-state index contributed by atoms with van der Waals surface area (Å²) in [5, 5.41) is 6.22. The second-order valence-electron chi connectivity index (χ2n) is 5.88. The Bertz CT molecular complexity index is 508. The van der Waals surface area contributed by atoms with Crippen molar-refractivity contribution >= 4 is 11.6 Å². The largest absolute Gasteiger partial charge is 0.369 e. The van der Waals surface area contributed by atoms with Crippen molar-refractivity contribution in [3.8, 4) is 0 Å². The van der Waals surface area contributed by atoms with Crippen molar-refractivity contribution < 1.29 is 9.18 Å². The van der Waals surface area contributed by atoms with Gasteiger partial charge in [-0.2, -0.15) is 0 Å². The van der Waals surface area contributed by atoms with Gasteiger partial charge < -0.3 is 15.5 Å². The molecule has 0 saturated carbocycles. The summed E-state index contributed by atoms with van der Waals surface area (Å²) < 4.78 is 14.2. The fraction of sp³-hybridized carbons (Fsp3) is 0.562. The molecular weight excluding hydrogens is 269 g/mol. The van der Waals surface area contributed by atoms with E-state index in [1.165, 1.54) is 6.07 Å². The summed E-state index contributed by atoms with van der Waals surface area (Å²) in [6.45, 7) is 3.60. The summed E-state index contributed by atoms with van der Waals surface area (Å²) in [6, 6.07) is 4.96. The topological polar surface area (TPSA) is 44.4 Å². The van der Waals surface area contributed by atoms with Crippen molar-refractivity contribution in [3.05, 3.63) is 29.6 Å². The van der Waals surface area contributed by atoms with Crippen LogP contribution in [0, 0.1) is 5.82 Å². The van der Waals surface area contributed by atoms with E-state index in [1.807, 2.05) is 4.90 Å². The summed E-state index contributed by atoms with van der Waals surface area (Å²) in [4.78, 5) is 14.2. The second kappa shape index (κ2) is 6.43. The smallest absolute Gasteiger partial charge is 0.251 e. The van der Waals surface area contributed by atoms with Gasteiger partial charge >= 0.3 is 0 Å². The van der Waals surface area contributed by atoms with E-state index in [1.54, 1.807) is 12.1 Å². The number of carbonyl (C=O) groups excluding carboxylic acids is 1. The number of hydrogen-bond acceptors (Lipinski definition) is 3. The zero-order valence-corrected chi connectivity index (χ0v) is 12.2. The summed E-state index contributed by atoms with van der Waals surface area (Å²) in [7, 11) is 0. The molecule has 0 radical (unpaired) electrons. The molecule has 2 fully saturated rings.